The minimum atomic E-state index is 0.620. The summed E-state index contributed by atoms with van der Waals surface area (Å²) in [6.07, 6.45) is 1.22. The molecule has 0 saturated heterocycles. The van der Waals surface area contributed by atoms with Crippen LogP contribution in [0, 0.1) is 11.6 Å². The standard InChI is InChI=1S/C7H14S/c1-6(2)5-7(3)8-4/h4,6-7H,5H2,1-3H3. The average Bonchev–Trinajstić information content (AvgIpc) is 1.65. The molecule has 0 aromatic carbocycles. The van der Waals surface area contributed by atoms with E-state index in [-0.39, 0.29) is 0 Å². The summed E-state index contributed by atoms with van der Waals surface area (Å²) in [5.41, 5.74) is 5.34. The van der Waals surface area contributed by atoms with Crippen LogP contribution in [0.15, 0.2) is 0 Å². The van der Waals surface area contributed by atoms with Gasteiger partial charge in [-0.1, -0.05) is 13.8 Å². The first-order valence-corrected chi connectivity index (χ1v) is 3.96. The van der Waals surface area contributed by atoms with Crippen molar-refractivity contribution in [3.8, 4) is 5.69 Å². The van der Waals surface area contributed by atoms with Crippen LogP contribution in [0.3, 0.4) is 0 Å². The van der Waals surface area contributed by atoms with Gasteiger partial charge in [-0.3, -0.25) is 0 Å². The Morgan fingerprint density at radius 1 is 1.38 bits per heavy atom. The Balaban J connectivity index is 3.28. The molecule has 0 N–H and O–H groups in total. The van der Waals surface area contributed by atoms with Crippen molar-refractivity contribution in [2.45, 2.75) is 32.4 Å². The Hall–Kier alpha value is 0. The van der Waals surface area contributed by atoms with Crippen LogP contribution in [0.4, 0.5) is 0 Å². The first-order chi connectivity index (χ1) is 3.66. The van der Waals surface area contributed by atoms with E-state index in [1.807, 2.05) is 0 Å². The zero-order valence-corrected chi connectivity index (χ0v) is 6.66. The molecule has 0 aliphatic heterocycles. The molecule has 0 rings (SSSR count). The fraction of sp³-hybridized carbons (Fsp3) is 0.857. The first kappa shape index (κ1) is 8.00. The van der Waals surface area contributed by atoms with E-state index >= 15 is 0 Å². The van der Waals surface area contributed by atoms with Gasteiger partial charge < -0.3 is 0 Å². The van der Waals surface area contributed by atoms with Gasteiger partial charge in [0.15, 0.2) is 0 Å². The van der Waals surface area contributed by atoms with E-state index in [4.69, 9.17) is 5.69 Å². The molecule has 8 heavy (non-hydrogen) atoms. The summed E-state index contributed by atoms with van der Waals surface area (Å²) in [6, 6.07) is 0. The van der Waals surface area contributed by atoms with Crippen LogP contribution in [0.25, 0.3) is 0 Å². The summed E-state index contributed by atoms with van der Waals surface area (Å²) < 4.78 is 0. The molecule has 1 atom stereocenters. The van der Waals surface area contributed by atoms with Gasteiger partial charge in [-0.2, -0.15) is 0 Å². The van der Waals surface area contributed by atoms with Gasteiger partial charge in [0.1, 0.15) is 0 Å². The highest BCUT2D eigenvalue weighted by atomic mass is 32.1. The lowest BCUT2D eigenvalue weighted by Crippen LogP contribution is -1.97. The molecule has 0 aliphatic rings. The molecule has 0 radical (unpaired) electrons. The van der Waals surface area contributed by atoms with Gasteiger partial charge in [-0.05, 0) is 19.3 Å². The Morgan fingerprint density at radius 2 is 1.88 bits per heavy atom. The summed E-state index contributed by atoms with van der Waals surface area (Å²) >= 11 is 1.45. The lowest BCUT2D eigenvalue weighted by Gasteiger charge is -2.05. The van der Waals surface area contributed by atoms with E-state index < -0.39 is 0 Å². The fourth-order valence-corrected chi connectivity index (χ4v) is 1.22. The molecule has 0 heterocycles. The van der Waals surface area contributed by atoms with Gasteiger partial charge in [0.05, 0.1) is 0 Å². The summed E-state index contributed by atoms with van der Waals surface area (Å²) in [4.78, 5) is 0. The highest BCUT2D eigenvalue weighted by Gasteiger charge is 1.98. The Labute approximate surface area is 55.9 Å². The molecule has 1 heteroatoms. The summed E-state index contributed by atoms with van der Waals surface area (Å²) in [7, 11) is 0. The molecule has 0 fully saturated rings. The highest BCUT2D eigenvalue weighted by molar-refractivity contribution is 7.88. The number of rotatable bonds is 2. The van der Waals surface area contributed by atoms with Crippen molar-refractivity contribution in [1.29, 1.82) is 0 Å². The number of hydrogen-bond acceptors (Lipinski definition) is 0. The van der Waals surface area contributed by atoms with Crippen molar-refractivity contribution in [2.24, 2.45) is 5.92 Å². The lowest BCUT2D eigenvalue weighted by molar-refractivity contribution is 0.586. The maximum absolute atomic E-state index is 5.34. The molecule has 0 bridgehead atoms. The van der Waals surface area contributed by atoms with Crippen LogP contribution < -0.4 is 0 Å². The van der Waals surface area contributed by atoms with Crippen molar-refractivity contribution < 1.29 is 0 Å². The minimum Gasteiger partial charge on any atom is -0.135 e. The van der Waals surface area contributed by atoms with Gasteiger partial charge in [-0.25, -0.2) is 0 Å². The van der Waals surface area contributed by atoms with Gasteiger partial charge in [0, 0.05) is 5.25 Å². The second kappa shape index (κ2) is 3.94. The molecule has 0 nitrogen and oxygen atoms in total. The molecular formula is C7H14S. The summed E-state index contributed by atoms with van der Waals surface area (Å²) in [5, 5.41) is 0.620. The van der Waals surface area contributed by atoms with Crippen LogP contribution in [0.5, 0.6) is 0 Å². The third-order valence-electron chi connectivity index (χ3n) is 1.04. The van der Waals surface area contributed by atoms with E-state index in [9.17, 15) is 0 Å². The molecule has 0 aromatic rings. The van der Waals surface area contributed by atoms with E-state index in [2.05, 4.69) is 20.8 Å². The number of hydrogen-bond donors (Lipinski definition) is 0. The molecule has 48 valence electrons. The third kappa shape index (κ3) is 4.17. The van der Waals surface area contributed by atoms with Gasteiger partial charge in [-0.15, -0.1) is 16.9 Å². The molecule has 0 amide bonds. The molecule has 0 aliphatic carbocycles. The third-order valence-corrected chi connectivity index (χ3v) is 1.69. The fourth-order valence-electron chi connectivity index (χ4n) is 0.719. The summed E-state index contributed by atoms with van der Waals surface area (Å²) in [5.74, 6) is 0.779. The van der Waals surface area contributed by atoms with Crippen molar-refractivity contribution in [1.82, 2.24) is 0 Å². The largest absolute Gasteiger partial charge is 0.135 e. The second-order valence-electron chi connectivity index (χ2n) is 2.58. The zero-order chi connectivity index (χ0) is 6.57. The van der Waals surface area contributed by atoms with Crippen molar-refractivity contribution >= 4 is 11.2 Å². The van der Waals surface area contributed by atoms with E-state index in [0.29, 0.717) is 5.25 Å². The lowest BCUT2D eigenvalue weighted by atomic mass is 10.1. The van der Waals surface area contributed by atoms with Crippen molar-refractivity contribution in [3.63, 3.8) is 0 Å². The Bertz CT molecular complexity index is 89.1. The average molecular weight is 130 g/mol. The van der Waals surface area contributed by atoms with Crippen LogP contribution in [0.2, 0.25) is 0 Å². The predicted octanol–water partition coefficient (Wildman–Crippen LogP) is 2.74. The maximum atomic E-state index is 5.34. The Morgan fingerprint density at radius 3 is 2.00 bits per heavy atom. The van der Waals surface area contributed by atoms with E-state index in [0.717, 1.165) is 5.92 Å². The van der Waals surface area contributed by atoms with Gasteiger partial charge in [0.2, 0.25) is 0 Å². The SMILES string of the molecule is C#SC(C)CC(C)C. The Kier molecular flexibility index (Phi) is 3.94. The van der Waals surface area contributed by atoms with Crippen molar-refractivity contribution in [2.75, 3.05) is 0 Å². The minimum absolute atomic E-state index is 0.620. The molecular weight excluding hydrogens is 116 g/mol. The van der Waals surface area contributed by atoms with Gasteiger partial charge >= 0.3 is 0 Å². The van der Waals surface area contributed by atoms with E-state index in [1.165, 1.54) is 17.6 Å². The zero-order valence-electron chi connectivity index (χ0n) is 5.85. The van der Waals surface area contributed by atoms with Crippen LogP contribution in [-0.4, -0.2) is 5.25 Å². The quantitative estimate of drug-likeness (QED) is 0.539. The molecule has 0 aromatic heterocycles. The van der Waals surface area contributed by atoms with Crippen molar-refractivity contribution in [3.05, 3.63) is 0 Å². The maximum Gasteiger partial charge on any atom is 0.0262 e. The highest BCUT2D eigenvalue weighted by Crippen LogP contribution is 2.09. The second-order valence-corrected chi connectivity index (χ2v) is 3.65. The normalized spacial score (nSPS) is 13.9. The molecule has 0 spiro atoms. The van der Waals surface area contributed by atoms with E-state index in [1.54, 1.807) is 0 Å². The first-order valence-electron chi connectivity index (χ1n) is 3.02. The smallest absolute Gasteiger partial charge is 0.0262 e. The van der Waals surface area contributed by atoms with Crippen LogP contribution in [-0.2, 0) is 0 Å². The predicted molar refractivity (Wildman–Crippen MR) is 41.5 cm³/mol. The monoisotopic (exact) mass is 130 g/mol. The van der Waals surface area contributed by atoms with Gasteiger partial charge in [0.25, 0.3) is 0 Å². The van der Waals surface area contributed by atoms with Crippen LogP contribution in [0.1, 0.15) is 27.2 Å². The molecule has 0 saturated carbocycles. The van der Waals surface area contributed by atoms with Crippen LogP contribution >= 0.6 is 11.2 Å². The summed E-state index contributed by atoms with van der Waals surface area (Å²) in [6.45, 7) is 6.59. The molecule has 1 unspecified atom stereocenters. The topological polar surface area (TPSA) is 0 Å².